The number of halogens is 1. The van der Waals surface area contributed by atoms with Gasteiger partial charge >= 0.3 is 5.69 Å². The Bertz CT molecular complexity index is 1630. The number of thiophene rings is 1. The monoisotopic (exact) mass is 572 g/mol. The van der Waals surface area contributed by atoms with Gasteiger partial charge in [-0.1, -0.05) is 29.8 Å². The molecule has 0 saturated carbocycles. The maximum atomic E-state index is 14.1. The van der Waals surface area contributed by atoms with E-state index in [-0.39, 0.29) is 18.0 Å². The van der Waals surface area contributed by atoms with Gasteiger partial charge in [-0.3, -0.25) is 14.2 Å². The topological polar surface area (TPSA) is 132 Å². The third kappa shape index (κ3) is 4.95. The summed E-state index contributed by atoms with van der Waals surface area (Å²) in [5.41, 5.74) is 4.08. The number of primary amides is 1. The fraction of sp³-hybridized carbons (Fsp3) is 0.407. The van der Waals surface area contributed by atoms with Crippen LogP contribution in [-0.2, 0) is 26.4 Å². The zero-order valence-electron chi connectivity index (χ0n) is 21.8. The van der Waals surface area contributed by atoms with Gasteiger partial charge in [0.05, 0.1) is 29.1 Å². The molecule has 12 heteroatoms. The van der Waals surface area contributed by atoms with Crippen LogP contribution in [0, 0.1) is 6.92 Å². The van der Waals surface area contributed by atoms with Crippen LogP contribution in [0.2, 0.25) is 5.02 Å². The minimum absolute atomic E-state index is 0.0382. The Hall–Kier alpha value is -3.25. The van der Waals surface area contributed by atoms with E-state index in [1.807, 2.05) is 18.2 Å². The molecule has 0 aliphatic carbocycles. The fourth-order valence-corrected chi connectivity index (χ4v) is 6.31. The summed E-state index contributed by atoms with van der Waals surface area (Å²) in [4.78, 5) is 45.6. The number of ether oxygens (including phenoxy) is 2. The SMILES string of the molecule is Cc1c(-c2ncco2)sc2c1c(=O)n(C(C)(C)C(N)=O)c(=O)n2C[C@@H](OC1CCOCC1)c1ccccc1Cl. The first-order chi connectivity index (χ1) is 18.6. The fourth-order valence-electron chi connectivity index (χ4n) is 4.81. The van der Waals surface area contributed by atoms with Crippen molar-refractivity contribution in [2.75, 3.05) is 13.2 Å². The number of aromatic nitrogens is 3. The molecule has 1 fully saturated rings. The van der Waals surface area contributed by atoms with Gasteiger partial charge in [-0.05, 0) is 45.2 Å². The lowest BCUT2D eigenvalue weighted by Crippen LogP contribution is -2.54. The summed E-state index contributed by atoms with van der Waals surface area (Å²) < 4.78 is 20.0. The van der Waals surface area contributed by atoms with Gasteiger partial charge in [0.2, 0.25) is 11.8 Å². The number of oxazole rings is 1. The van der Waals surface area contributed by atoms with Crippen molar-refractivity contribution in [1.29, 1.82) is 0 Å². The van der Waals surface area contributed by atoms with Gasteiger partial charge in [-0.25, -0.2) is 14.3 Å². The average molecular weight is 573 g/mol. The molecule has 1 aromatic carbocycles. The molecule has 10 nitrogen and oxygen atoms in total. The molecule has 0 bridgehead atoms. The molecule has 1 atom stereocenters. The van der Waals surface area contributed by atoms with Crippen molar-refractivity contribution in [3.63, 3.8) is 0 Å². The lowest BCUT2D eigenvalue weighted by Gasteiger charge is -2.30. The number of aryl methyl sites for hydroxylation is 1. The maximum Gasteiger partial charge on any atom is 0.333 e. The van der Waals surface area contributed by atoms with Crippen LogP contribution in [0.15, 0.2) is 50.7 Å². The molecular weight excluding hydrogens is 544 g/mol. The molecule has 1 aliphatic heterocycles. The Balaban J connectivity index is 1.75. The molecule has 0 radical (unpaired) electrons. The summed E-state index contributed by atoms with van der Waals surface area (Å²) in [7, 11) is 0. The highest BCUT2D eigenvalue weighted by atomic mass is 35.5. The predicted molar refractivity (Wildman–Crippen MR) is 148 cm³/mol. The van der Waals surface area contributed by atoms with Gasteiger partial charge in [0.15, 0.2) is 0 Å². The molecule has 206 valence electrons. The first-order valence-corrected chi connectivity index (χ1v) is 13.8. The van der Waals surface area contributed by atoms with E-state index in [9.17, 15) is 14.4 Å². The van der Waals surface area contributed by atoms with E-state index in [4.69, 9.17) is 31.2 Å². The highest BCUT2D eigenvalue weighted by molar-refractivity contribution is 7.22. The first kappa shape index (κ1) is 27.3. The Morgan fingerprint density at radius 2 is 2.00 bits per heavy atom. The third-order valence-corrected chi connectivity index (χ3v) is 8.77. The van der Waals surface area contributed by atoms with E-state index in [1.54, 1.807) is 13.0 Å². The van der Waals surface area contributed by atoms with Crippen LogP contribution in [-0.4, -0.2) is 39.3 Å². The molecule has 1 aliphatic rings. The highest BCUT2D eigenvalue weighted by Crippen LogP contribution is 2.37. The second kappa shape index (κ2) is 10.7. The number of hydrogen-bond donors (Lipinski definition) is 1. The molecule has 4 aromatic rings. The standard InChI is InChI=1S/C27H29ClN4O6S/c1-15-20-23(33)32(27(2,3)25(29)34)26(35)31(24(20)39-21(15)22-30-10-13-37-22)14-19(17-6-4-5-7-18(17)28)38-16-8-11-36-12-9-16/h4-7,10,13,16,19H,8-9,11-12,14H2,1-3H3,(H2,29,34)/t19-/m1/s1. The Morgan fingerprint density at radius 3 is 2.64 bits per heavy atom. The summed E-state index contributed by atoms with van der Waals surface area (Å²) >= 11 is 7.82. The highest BCUT2D eigenvalue weighted by Gasteiger charge is 2.35. The number of carbonyl (C=O) groups excluding carboxylic acids is 1. The summed E-state index contributed by atoms with van der Waals surface area (Å²) in [5.74, 6) is -0.483. The van der Waals surface area contributed by atoms with Crippen molar-refractivity contribution in [2.24, 2.45) is 5.73 Å². The van der Waals surface area contributed by atoms with E-state index in [0.717, 1.165) is 4.57 Å². The number of hydrogen-bond acceptors (Lipinski definition) is 8. The van der Waals surface area contributed by atoms with Gasteiger partial charge in [0, 0.05) is 23.8 Å². The molecule has 1 saturated heterocycles. The molecule has 1 amide bonds. The zero-order chi connectivity index (χ0) is 27.9. The van der Waals surface area contributed by atoms with Crippen LogP contribution in [0.5, 0.6) is 0 Å². The van der Waals surface area contributed by atoms with Gasteiger partial charge in [-0.15, -0.1) is 11.3 Å². The molecule has 39 heavy (non-hydrogen) atoms. The van der Waals surface area contributed by atoms with Crippen LogP contribution < -0.4 is 17.0 Å². The van der Waals surface area contributed by atoms with Gasteiger partial charge in [0.1, 0.15) is 22.7 Å². The van der Waals surface area contributed by atoms with E-state index in [1.165, 1.54) is 42.2 Å². The molecule has 4 heterocycles. The van der Waals surface area contributed by atoms with Crippen molar-refractivity contribution >= 4 is 39.1 Å². The normalized spacial score (nSPS) is 15.6. The predicted octanol–water partition coefficient (Wildman–Crippen LogP) is 4.00. The van der Waals surface area contributed by atoms with Crippen molar-refractivity contribution in [2.45, 2.75) is 57.9 Å². The molecule has 3 aromatic heterocycles. The Morgan fingerprint density at radius 1 is 1.28 bits per heavy atom. The van der Waals surface area contributed by atoms with Gasteiger partial charge < -0.3 is 19.6 Å². The van der Waals surface area contributed by atoms with Crippen molar-refractivity contribution in [3.8, 4) is 10.8 Å². The third-order valence-electron chi connectivity index (χ3n) is 7.13. The second-order valence-corrected chi connectivity index (χ2v) is 11.4. The van der Waals surface area contributed by atoms with Crippen molar-refractivity contribution in [1.82, 2.24) is 14.1 Å². The number of carbonyl (C=O) groups is 1. The first-order valence-electron chi connectivity index (χ1n) is 12.6. The smallest absolute Gasteiger partial charge is 0.333 e. The largest absolute Gasteiger partial charge is 0.444 e. The van der Waals surface area contributed by atoms with E-state index < -0.39 is 28.8 Å². The molecule has 2 N–H and O–H groups in total. The van der Waals surface area contributed by atoms with Crippen molar-refractivity contribution < 1.29 is 18.7 Å². The average Bonchev–Trinajstić information content (AvgIpc) is 3.55. The maximum absolute atomic E-state index is 14.1. The summed E-state index contributed by atoms with van der Waals surface area (Å²) in [6, 6.07) is 7.30. The minimum Gasteiger partial charge on any atom is -0.444 e. The van der Waals surface area contributed by atoms with E-state index >= 15 is 0 Å². The molecular formula is C27H29ClN4O6S. The number of fused-ring (bicyclic) bond motifs is 1. The number of amides is 1. The summed E-state index contributed by atoms with van der Waals surface area (Å²) in [6.07, 6.45) is 3.62. The number of nitrogens with zero attached hydrogens (tertiary/aromatic N) is 3. The van der Waals surface area contributed by atoms with Crippen LogP contribution >= 0.6 is 22.9 Å². The van der Waals surface area contributed by atoms with Crippen LogP contribution in [0.4, 0.5) is 0 Å². The second-order valence-electron chi connectivity index (χ2n) is 9.99. The van der Waals surface area contributed by atoms with Crippen LogP contribution in [0.25, 0.3) is 21.0 Å². The molecule has 5 rings (SSSR count). The number of rotatable bonds is 8. The number of nitrogens with two attached hydrogens (primary N) is 1. The summed E-state index contributed by atoms with van der Waals surface area (Å²) in [6.45, 7) is 5.86. The van der Waals surface area contributed by atoms with Crippen molar-refractivity contribution in [3.05, 3.63) is 73.7 Å². The molecule has 0 unspecified atom stereocenters. The quantitative estimate of drug-likeness (QED) is 0.337. The van der Waals surface area contributed by atoms with Crippen LogP contribution in [0.3, 0.4) is 0 Å². The van der Waals surface area contributed by atoms with Crippen LogP contribution in [0.1, 0.15) is 43.9 Å². The Kier molecular flexibility index (Phi) is 7.51. The van der Waals surface area contributed by atoms with Gasteiger partial charge in [-0.2, -0.15) is 0 Å². The van der Waals surface area contributed by atoms with E-state index in [2.05, 4.69) is 4.98 Å². The minimum atomic E-state index is -1.59. The summed E-state index contributed by atoms with van der Waals surface area (Å²) in [5, 5.41) is 0.776. The van der Waals surface area contributed by atoms with E-state index in [0.29, 0.717) is 57.8 Å². The lowest BCUT2D eigenvalue weighted by molar-refractivity contribution is -0.125. The van der Waals surface area contributed by atoms with Gasteiger partial charge in [0.25, 0.3) is 5.56 Å². The lowest BCUT2D eigenvalue weighted by atomic mass is 10.0. The Labute approximate surface area is 232 Å². The number of benzene rings is 1. The zero-order valence-corrected chi connectivity index (χ0v) is 23.4. The molecule has 0 spiro atoms.